The van der Waals surface area contributed by atoms with Gasteiger partial charge in [0.1, 0.15) is 0 Å². The fourth-order valence-electron chi connectivity index (χ4n) is 1.95. The van der Waals surface area contributed by atoms with Crippen molar-refractivity contribution in [3.05, 3.63) is 24.4 Å². The van der Waals surface area contributed by atoms with E-state index in [4.69, 9.17) is 0 Å². The predicted molar refractivity (Wildman–Crippen MR) is 63.6 cm³/mol. The highest BCUT2D eigenvalue weighted by molar-refractivity contribution is 5.93. The average molecular weight is 207 g/mol. The molecule has 0 amide bonds. The van der Waals surface area contributed by atoms with E-state index in [-0.39, 0.29) is 5.78 Å². The minimum Gasteiger partial charge on any atom is -0.388 e. The maximum absolute atomic E-state index is 11.3. The van der Waals surface area contributed by atoms with Gasteiger partial charge in [0.2, 0.25) is 0 Å². The first-order valence-electron chi connectivity index (χ1n) is 5.81. The van der Waals surface area contributed by atoms with Gasteiger partial charge in [-0.05, 0) is 26.2 Å². The van der Waals surface area contributed by atoms with E-state index in [1.165, 1.54) is 32.1 Å². The highest BCUT2D eigenvalue weighted by atomic mass is 16.1. The molecule has 1 saturated carbocycles. The maximum atomic E-state index is 11.3. The third kappa shape index (κ3) is 4.32. The van der Waals surface area contributed by atoms with Crippen LogP contribution in [0.2, 0.25) is 0 Å². The van der Waals surface area contributed by atoms with Crippen molar-refractivity contribution >= 4 is 5.78 Å². The number of hydrogen-bond acceptors (Lipinski definition) is 2. The van der Waals surface area contributed by atoms with Crippen LogP contribution in [0.1, 0.15) is 45.4 Å². The van der Waals surface area contributed by atoms with E-state index in [1.54, 1.807) is 13.0 Å². The normalized spacial score (nSPS) is 18.6. The molecule has 2 nitrogen and oxygen atoms in total. The first-order valence-corrected chi connectivity index (χ1v) is 5.81. The number of rotatable bonds is 5. The second kappa shape index (κ2) is 6.44. The van der Waals surface area contributed by atoms with Gasteiger partial charge in [-0.3, -0.25) is 4.79 Å². The van der Waals surface area contributed by atoms with Crippen LogP contribution in [-0.4, -0.2) is 11.8 Å². The van der Waals surface area contributed by atoms with Crippen molar-refractivity contribution in [1.82, 2.24) is 5.32 Å². The van der Waals surface area contributed by atoms with Gasteiger partial charge in [0.05, 0.1) is 0 Å². The summed E-state index contributed by atoms with van der Waals surface area (Å²) in [6.07, 6.45) is 10.8. The lowest BCUT2D eigenvalue weighted by atomic mass is 9.95. The zero-order valence-corrected chi connectivity index (χ0v) is 9.59. The molecule has 1 rings (SSSR count). The molecule has 84 valence electrons. The van der Waals surface area contributed by atoms with E-state index in [1.807, 2.05) is 6.20 Å². The largest absolute Gasteiger partial charge is 0.388 e. The van der Waals surface area contributed by atoms with Crippen LogP contribution in [0.4, 0.5) is 0 Å². The quantitative estimate of drug-likeness (QED) is 0.554. The summed E-state index contributed by atoms with van der Waals surface area (Å²) in [4.78, 5) is 11.3. The average Bonchev–Trinajstić information content (AvgIpc) is 2.25. The third-order valence-electron chi connectivity index (χ3n) is 2.91. The van der Waals surface area contributed by atoms with Crippen molar-refractivity contribution in [2.24, 2.45) is 0 Å². The molecule has 1 aliphatic rings. The lowest BCUT2D eigenvalue weighted by Gasteiger charge is -2.22. The monoisotopic (exact) mass is 207 g/mol. The highest BCUT2D eigenvalue weighted by Gasteiger charge is 2.11. The zero-order valence-electron chi connectivity index (χ0n) is 9.59. The van der Waals surface area contributed by atoms with Gasteiger partial charge in [-0.15, -0.1) is 6.58 Å². The summed E-state index contributed by atoms with van der Waals surface area (Å²) in [6, 6.07) is 0.568. The summed E-state index contributed by atoms with van der Waals surface area (Å²) in [7, 11) is 0. The third-order valence-corrected chi connectivity index (χ3v) is 2.91. The molecule has 1 aliphatic carbocycles. The number of carbonyl (C=O) groups is 1. The molecule has 0 unspecified atom stereocenters. The fourth-order valence-corrected chi connectivity index (χ4v) is 1.95. The van der Waals surface area contributed by atoms with Crippen LogP contribution in [0, 0.1) is 0 Å². The van der Waals surface area contributed by atoms with E-state index in [0.717, 1.165) is 5.57 Å². The lowest BCUT2D eigenvalue weighted by Crippen LogP contribution is -2.27. The Bertz CT molecular complexity index is 249. The predicted octanol–water partition coefficient (Wildman–Crippen LogP) is 2.96. The fraction of sp³-hybridized carbons (Fsp3) is 0.615. The minimum atomic E-state index is 0.137. The molecule has 0 radical (unpaired) electrons. The molecule has 0 aromatic rings. The van der Waals surface area contributed by atoms with Gasteiger partial charge in [-0.25, -0.2) is 0 Å². The second-order valence-corrected chi connectivity index (χ2v) is 4.22. The summed E-state index contributed by atoms with van der Waals surface area (Å²) in [5.74, 6) is 0.137. The van der Waals surface area contributed by atoms with Crippen molar-refractivity contribution in [2.75, 3.05) is 0 Å². The Morgan fingerprint density at radius 3 is 2.60 bits per heavy atom. The van der Waals surface area contributed by atoms with E-state index in [0.29, 0.717) is 12.5 Å². The van der Waals surface area contributed by atoms with Crippen molar-refractivity contribution in [1.29, 1.82) is 0 Å². The van der Waals surface area contributed by atoms with Gasteiger partial charge >= 0.3 is 0 Å². The standard InChI is InChI=1S/C13H21NO/c1-3-7-12(11(2)15)10-14-13-8-5-4-6-9-13/h3,10,13-14H,1,4-9H2,2H3/b12-10-. The molecule has 0 saturated heterocycles. The summed E-state index contributed by atoms with van der Waals surface area (Å²) >= 11 is 0. The Balaban J connectivity index is 2.44. The van der Waals surface area contributed by atoms with Crippen LogP contribution in [0.25, 0.3) is 0 Å². The molecule has 0 aromatic heterocycles. The van der Waals surface area contributed by atoms with Gasteiger partial charge in [-0.2, -0.15) is 0 Å². The van der Waals surface area contributed by atoms with Crippen LogP contribution in [-0.2, 0) is 4.79 Å². The Kier molecular flexibility index (Phi) is 5.16. The molecule has 1 fully saturated rings. The van der Waals surface area contributed by atoms with Crippen molar-refractivity contribution < 1.29 is 4.79 Å². The number of nitrogens with one attached hydrogen (secondary N) is 1. The van der Waals surface area contributed by atoms with Crippen molar-refractivity contribution in [2.45, 2.75) is 51.5 Å². The number of allylic oxidation sites excluding steroid dienone is 2. The molecule has 2 heteroatoms. The molecular formula is C13H21NO. The Morgan fingerprint density at radius 1 is 1.40 bits per heavy atom. The maximum Gasteiger partial charge on any atom is 0.157 e. The van der Waals surface area contributed by atoms with Gasteiger partial charge in [0.25, 0.3) is 0 Å². The van der Waals surface area contributed by atoms with Crippen LogP contribution < -0.4 is 5.32 Å². The molecule has 0 atom stereocenters. The number of carbonyl (C=O) groups excluding carboxylic acids is 1. The molecule has 15 heavy (non-hydrogen) atoms. The number of Topliss-reactive ketones (excluding diaryl/α,β-unsaturated/α-hetero) is 1. The Labute approximate surface area is 92.4 Å². The van der Waals surface area contributed by atoms with Gasteiger partial charge in [0.15, 0.2) is 5.78 Å². The van der Waals surface area contributed by atoms with Crippen LogP contribution >= 0.6 is 0 Å². The SMILES string of the molecule is C=CC/C(=C/NC1CCCCC1)C(C)=O. The molecular weight excluding hydrogens is 186 g/mol. The minimum absolute atomic E-state index is 0.137. The first-order chi connectivity index (χ1) is 7.24. The molecule has 0 bridgehead atoms. The Morgan fingerprint density at radius 2 is 2.07 bits per heavy atom. The number of hydrogen-bond donors (Lipinski definition) is 1. The topological polar surface area (TPSA) is 29.1 Å². The van der Waals surface area contributed by atoms with E-state index in [2.05, 4.69) is 11.9 Å². The van der Waals surface area contributed by atoms with Crippen molar-refractivity contribution in [3.63, 3.8) is 0 Å². The van der Waals surface area contributed by atoms with Gasteiger partial charge < -0.3 is 5.32 Å². The Hall–Kier alpha value is -1.05. The molecule has 1 N–H and O–H groups in total. The van der Waals surface area contributed by atoms with E-state index >= 15 is 0 Å². The van der Waals surface area contributed by atoms with E-state index < -0.39 is 0 Å². The first kappa shape index (κ1) is 12.0. The molecule has 0 spiro atoms. The highest BCUT2D eigenvalue weighted by Crippen LogP contribution is 2.17. The zero-order chi connectivity index (χ0) is 11.1. The molecule has 0 aliphatic heterocycles. The summed E-state index contributed by atoms with van der Waals surface area (Å²) in [5.41, 5.74) is 0.829. The number of ketones is 1. The van der Waals surface area contributed by atoms with E-state index in [9.17, 15) is 4.79 Å². The molecule has 0 aromatic carbocycles. The summed E-state index contributed by atoms with van der Waals surface area (Å²) in [6.45, 7) is 5.27. The summed E-state index contributed by atoms with van der Waals surface area (Å²) < 4.78 is 0. The van der Waals surface area contributed by atoms with Crippen LogP contribution in [0.3, 0.4) is 0 Å². The molecule has 0 heterocycles. The van der Waals surface area contributed by atoms with Crippen LogP contribution in [0.5, 0.6) is 0 Å². The smallest absolute Gasteiger partial charge is 0.157 e. The second-order valence-electron chi connectivity index (χ2n) is 4.22. The van der Waals surface area contributed by atoms with Crippen molar-refractivity contribution in [3.8, 4) is 0 Å². The van der Waals surface area contributed by atoms with Gasteiger partial charge in [0, 0.05) is 17.8 Å². The lowest BCUT2D eigenvalue weighted by molar-refractivity contribution is -0.113. The van der Waals surface area contributed by atoms with Crippen LogP contribution in [0.15, 0.2) is 24.4 Å². The summed E-state index contributed by atoms with van der Waals surface area (Å²) in [5, 5.41) is 3.36. The van der Waals surface area contributed by atoms with Gasteiger partial charge in [-0.1, -0.05) is 25.3 Å².